The Bertz CT molecular complexity index is 274. The van der Waals surface area contributed by atoms with Gasteiger partial charge in [-0.3, -0.25) is 4.79 Å². The topological polar surface area (TPSA) is 54.4 Å². The molecular weight excluding hydrogens is 312 g/mol. The van der Waals surface area contributed by atoms with Gasteiger partial charge in [-0.2, -0.15) is 0 Å². The molecule has 0 atom stereocenters. The summed E-state index contributed by atoms with van der Waals surface area (Å²) in [6, 6.07) is 0. The van der Waals surface area contributed by atoms with Gasteiger partial charge in [0.1, 0.15) is 6.29 Å². The van der Waals surface area contributed by atoms with Gasteiger partial charge in [-0.05, 0) is 6.42 Å². The van der Waals surface area contributed by atoms with Crippen molar-refractivity contribution in [2.24, 2.45) is 5.92 Å². The molecule has 0 unspecified atom stereocenters. The van der Waals surface area contributed by atoms with Gasteiger partial charge in [0, 0.05) is 12.3 Å². The third-order valence-electron chi connectivity index (χ3n) is 4.27. The maximum Gasteiger partial charge on any atom is 0.303 e. The molecule has 0 spiro atoms. The molecule has 0 bridgehead atoms. The summed E-state index contributed by atoms with van der Waals surface area (Å²) in [4.78, 5) is 19.8. The normalized spacial score (nSPS) is 10.4. The van der Waals surface area contributed by atoms with Crippen LogP contribution in [0.5, 0.6) is 0 Å². The van der Waals surface area contributed by atoms with Crippen molar-refractivity contribution in [2.45, 2.75) is 124 Å². The van der Waals surface area contributed by atoms with Crippen LogP contribution in [-0.4, -0.2) is 17.4 Å². The van der Waals surface area contributed by atoms with E-state index in [1.54, 1.807) is 0 Å². The van der Waals surface area contributed by atoms with Crippen LogP contribution in [0.25, 0.3) is 0 Å². The Balaban J connectivity index is 0. The number of carboxylic acid groups (broad SMARTS) is 1. The van der Waals surface area contributed by atoms with Crippen LogP contribution in [0.2, 0.25) is 0 Å². The minimum absolute atomic E-state index is 0.204. The van der Waals surface area contributed by atoms with Gasteiger partial charge in [0.25, 0.3) is 0 Å². The zero-order chi connectivity index (χ0) is 19.2. The summed E-state index contributed by atoms with van der Waals surface area (Å²) in [7, 11) is 0. The first kappa shape index (κ1) is 26.4. The molecule has 0 radical (unpaired) electrons. The Kier molecular flexibility index (Phi) is 24.4. The molecule has 0 aliphatic heterocycles. The van der Waals surface area contributed by atoms with Crippen LogP contribution in [0.4, 0.5) is 0 Å². The van der Waals surface area contributed by atoms with Crippen molar-refractivity contribution in [3.63, 3.8) is 0 Å². The molecule has 25 heavy (non-hydrogen) atoms. The van der Waals surface area contributed by atoms with E-state index in [1.165, 1.54) is 83.5 Å². The van der Waals surface area contributed by atoms with Gasteiger partial charge in [-0.25, -0.2) is 0 Å². The van der Waals surface area contributed by atoms with Crippen LogP contribution in [0.3, 0.4) is 0 Å². The summed E-state index contributed by atoms with van der Waals surface area (Å²) < 4.78 is 0. The van der Waals surface area contributed by atoms with E-state index in [2.05, 4.69) is 6.92 Å². The SMILES string of the molecule is CC(C)C=O.CCCCCCCCCCCCCCCCCC(=O)O. The molecule has 0 aliphatic rings. The molecule has 3 nitrogen and oxygen atoms in total. The zero-order valence-electron chi connectivity index (χ0n) is 17.2. The smallest absolute Gasteiger partial charge is 0.303 e. The van der Waals surface area contributed by atoms with Crippen LogP contribution >= 0.6 is 0 Å². The van der Waals surface area contributed by atoms with Gasteiger partial charge >= 0.3 is 5.97 Å². The molecule has 0 aromatic carbocycles. The number of carboxylic acids is 1. The number of hydrogen-bond acceptors (Lipinski definition) is 2. The molecule has 1 N–H and O–H groups in total. The first-order valence-electron chi connectivity index (χ1n) is 10.7. The van der Waals surface area contributed by atoms with E-state index < -0.39 is 5.97 Å². The number of unbranched alkanes of at least 4 members (excludes halogenated alkanes) is 14. The fraction of sp³-hybridized carbons (Fsp3) is 0.909. The maximum absolute atomic E-state index is 10.3. The highest BCUT2D eigenvalue weighted by Gasteiger charge is 1.97. The van der Waals surface area contributed by atoms with Gasteiger partial charge in [0.05, 0.1) is 0 Å². The van der Waals surface area contributed by atoms with Crippen molar-refractivity contribution in [2.75, 3.05) is 0 Å². The molecular formula is C22H44O3. The van der Waals surface area contributed by atoms with Gasteiger partial charge in [-0.15, -0.1) is 0 Å². The molecule has 0 saturated heterocycles. The zero-order valence-corrected chi connectivity index (χ0v) is 17.2. The van der Waals surface area contributed by atoms with E-state index in [4.69, 9.17) is 5.11 Å². The van der Waals surface area contributed by atoms with E-state index in [1.807, 2.05) is 13.8 Å². The Hall–Kier alpha value is -0.860. The summed E-state index contributed by atoms with van der Waals surface area (Å²) in [6.45, 7) is 5.98. The maximum atomic E-state index is 10.3. The Morgan fingerprint density at radius 2 is 1.00 bits per heavy atom. The number of carbonyl (C=O) groups excluding carboxylic acids is 1. The van der Waals surface area contributed by atoms with E-state index in [0.29, 0.717) is 6.42 Å². The van der Waals surface area contributed by atoms with Crippen LogP contribution in [-0.2, 0) is 9.59 Å². The van der Waals surface area contributed by atoms with E-state index in [9.17, 15) is 9.59 Å². The second kappa shape index (κ2) is 23.1. The van der Waals surface area contributed by atoms with Crippen molar-refractivity contribution >= 4 is 12.3 Å². The standard InChI is InChI=1S/C18H36O2.C4H8O/c1-2-3-4-5-6-7-8-9-10-11-12-13-14-15-16-17-18(19)20;1-4(2)3-5/h2-17H2,1H3,(H,19,20);3-4H,1-2H3. The summed E-state index contributed by atoms with van der Waals surface area (Å²) in [5.74, 6) is -0.449. The molecule has 0 fully saturated rings. The van der Waals surface area contributed by atoms with Crippen molar-refractivity contribution < 1.29 is 14.7 Å². The molecule has 0 aromatic rings. The Labute approximate surface area is 157 Å². The van der Waals surface area contributed by atoms with Gasteiger partial charge < -0.3 is 9.90 Å². The highest BCUT2D eigenvalue weighted by atomic mass is 16.4. The predicted octanol–water partition coefficient (Wildman–Crippen LogP) is 7.17. The molecule has 0 saturated carbocycles. The van der Waals surface area contributed by atoms with Crippen molar-refractivity contribution in [3.8, 4) is 0 Å². The average molecular weight is 357 g/mol. The van der Waals surface area contributed by atoms with Crippen molar-refractivity contribution in [3.05, 3.63) is 0 Å². The van der Waals surface area contributed by atoms with Gasteiger partial charge in [0.15, 0.2) is 0 Å². The fourth-order valence-electron chi connectivity index (χ4n) is 2.65. The predicted molar refractivity (Wildman–Crippen MR) is 108 cm³/mol. The first-order valence-corrected chi connectivity index (χ1v) is 10.7. The largest absolute Gasteiger partial charge is 0.481 e. The van der Waals surface area contributed by atoms with E-state index in [0.717, 1.165) is 19.1 Å². The molecule has 0 aliphatic carbocycles. The third-order valence-corrected chi connectivity index (χ3v) is 4.27. The molecule has 0 amide bonds. The molecule has 0 heterocycles. The second-order valence-corrected chi connectivity index (χ2v) is 7.47. The molecule has 3 heteroatoms. The van der Waals surface area contributed by atoms with Crippen LogP contribution in [0, 0.1) is 5.92 Å². The van der Waals surface area contributed by atoms with Crippen LogP contribution in [0.15, 0.2) is 0 Å². The quantitative estimate of drug-likeness (QED) is 0.222. The lowest BCUT2D eigenvalue weighted by atomic mass is 10.0. The van der Waals surface area contributed by atoms with E-state index in [-0.39, 0.29) is 5.92 Å². The fourth-order valence-corrected chi connectivity index (χ4v) is 2.65. The first-order chi connectivity index (χ1) is 12.0. The minimum atomic E-state index is -0.653. The summed E-state index contributed by atoms with van der Waals surface area (Å²) in [5.41, 5.74) is 0. The second-order valence-electron chi connectivity index (χ2n) is 7.47. The van der Waals surface area contributed by atoms with Gasteiger partial charge in [-0.1, -0.05) is 111 Å². The van der Waals surface area contributed by atoms with E-state index >= 15 is 0 Å². The lowest BCUT2D eigenvalue weighted by Crippen LogP contribution is -1.93. The van der Waals surface area contributed by atoms with Crippen LogP contribution in [0.1, 0.15) is 124 Å². The summed E-state index contributed by atoms with van der Waals surface area (Å²) in [6.07, 6.45) is 21.1. The summed E-state index contributed by atoms with van der Waals surface area (Å²) >= 11 is 0. The number of carbonyl (C=O) groups is 2. The van der Waals surface area contributed by atoms with Crippen molar-refractivity contribution in [1.29, 1.82) is 0 Å². The number of aldehydes is 1. The number of rotatable bonds is 17. The average Bonchev–Trinajstić information content (AvgIpc) is 2.58. The molecule has 150 valence electrons. The van der Waals surface area contributed by atoms with Gasteiger partial charge in [0.2, 0.25) is 0 Å². The lowest BCUT2D eigenvalue weighted by Gasteiger charge is -2.03. The lowest BCUT2D eigenvalue weighted by molar-refractivity contribution is -0.137. The number of aliphatic carboxylic acids is 1. The molecule has 0 aromatic heterocycles. The van der Waals surface area contributed by atoms with Crippen LogP contribution < -0.4 is 0 Å². The monoisotopic (exact) mass is 356 g/mol. The van der Waals surface area contributed by atoms with Crippen molar-refractivity contribution in [1.82, 2.24) is 0 Å². The summed E-state index contributed by atoms with van der Waals surface area (Å²) in [5, 5.41) is 8.52. The highest BCUT2D eigenvalue weighted by molar-refractivity contribution is 5.66. The Morgan fingerprint density at radius 1 is 0.720 bits per heavy atom. The highest BCUT2D eigenvalue weighted by Crippen LogP contribution is 2.13. The molecule has 0 rings (SSSR count). The minimum Gasteiger partial charge on any atom is -0.481 e. The Morgan fingerprint density at radius 3 is 1.24 bits per heavy atom. The third kappa shape index (κ3) is 31.4. The number of hydrogen-bond donors (Lipinski definition) is 1.